The van der Waals surface area contributed by atoms with E-state index in [4.69, 9.17) is 0 Å². The molecule has 0 amide bonds. The van der Waals surface area contributed by atoms with Gasteiger partial charge in [0.2, 0.25) is 0 Å². The Kier molecular flexibility index (Phi) is 1.21. The fourth-order valence-corrected chi connectivity index (χ4v) is 5.29. The first-order valence-electron chi connectivity index (χ1n) is 6.12. The molecular weight excluding hydrogens is 156 g/mol. The molecule has 4 aliphatic carbocycles. The minimum Gasteiger partial charge on any atom is -0.0879 e. The fraction of sp³-hybridized carbons (Fsp3) is 0.846. The van der Waals surface area contributed by atoms with Gasteiger partial charge >= 0.3 is 0 Å². The lowest BCUT2D eigenvalue weighted by Gasteiger charge is -2.34. The lowest BCUT2D eigenvalue weighted by molar-refractivity contribution is 0.156. The average molecular weight is 174 g/mol. The molecule has 13 heavy (non-hydrogen) atoms. The van der Waals surface area contributed by atoms with Crippen molar-refractivity contribution in [3.8, 4) is 0 Å². The summed E-state index contributed by atoms with van der Waals surface area (Å²) in [6.45, 7) is 0. The first-order valence-corrected chi connectivity index (χ1v) is 6.12. The molecule has 0 aromatic rings. The highest BCUT2D eigenvalue weighted by Gasteiger charge is 2.58. The topological polar surface area (TPSA) is 0 Å². The van der Waals surface area contributed by atoms with E-state index in [9.17, 15) is 0 Å². The highest BCUT2D eigenvalue weighted by atomic mass is 14.6. The molecule has 0 saturated heterocycles. The van der Waals surface area contributed by atoms with E-state index in [2.05, 4.69) is 12.2 Å². The quantitative estimate of drug-likeness (QED) is 0.494. The van der Waals surface area contributed by atoms with Crippen LogP contribution in [0.5, 0.6) is 0 Å². The summed E-state index contributed by atoms with van der Waals surface area (Å²) >= 11 is 0. The summed E-state index contributed by atoms with van der Waals surface area (Å²) < 4.78 is 0. The van der Waals surface area contributed by atoms with Crippen LogP contribution in [0.2, 0.25) is 0 Å². The van der Waals surface area contributed by atoms with Gasteiger partial charge in [0.1, 0.15) is 0 Å². The van der Waals surface area contributed by atoms with Crippen LogP contribution in [0, 0.1) is 35.5 Å². The maximum atomic E-state index is 2.56. The van der Waals surface area contributed by atoms with Crippen LogP contribution in [0.1, 0.15) is 32.1 Å². The van der Waals surface area contributed by atoms with E-state index in [1.165, 1.54) is 12.3 Å². The van der Waals surface area contributed by atoms with Gasteiger partial charge in [0.15, 0.2) is 0 Å². The maximum Gasteiger partial charge on any atom is -0.0168 e. The van der Waals surface area contributed by atoms with Crippen molar-refractivity contribution in [3.63, 3.8) is 0 Å². The fourth-order valence-electron chi connectivity index (χ4n) is 5.29. The second-order valence-corrected chi connectivity index (χ2v) is 5.73. The van der Waals surface area contributed by atoms with E-state index in [1.54, 1.807) is 25.7 Å². The number of fused-ring (bicyclic) bond motifs is 8. The van der Waals surface area contributed by atoms with Gasteiger partial charge in [0.05, 0.1) is 0 Å². The van der Waals surface area contributed by atoms with Crippen LogP contribution in [-0.4, -0.2) is 0 Å². The molecule has 0 aliphatic heterocycles. The molecule has 2 bridgehead atoms. The molecule has 0 nitrogen and oxygen atoms in total. The molecule has 70 valence electrons. The van der Waals surface area contributed by atoms with Gasteiger partial charge in [-0.25, -0.2) is 0 Å². The monoisotopic (exact) mass is 174 g/mol. The summed E-state index contributed by atoms with van der Waals surface area (Å²) in [7, 11) is 0. The van der Waals surface area contributed by atoms with Crippen LogP contribution < -0.4 is 0 Å². The van der Waals surface area contributed by atoms with Crippen LogP contribution in [0.4, 0.5) is 0 Å². The van der Waals surface area contributed by atoms with Crippen molar-refractivity contribution in [2.75, 3.05) is 0 Å². The Labute approximate surface area is 80.4 Å². The largest absolute Gasteiger partial charge is 0.0879 e. The standard InChI is InChI=1S/C13H18/c1-3-8-9(4-1)13-7-12(8)10-5-2-6-11(10)13/h1,3,8-13H,2,4-7H2. The third-order valence-corrected chi connectivity index (χ3v) is 5.57. The second kappa shape index (κ2) is 2.21. The average Bonchev–Trinajstić information content (AvgIpc) is 2.81. The molecule has 6 atom stereocenters. The Hall–Kier alpha value is -0.260. The van der Waals surface area contributed by atoms with E-state index < -0.39 is 0 Å². The Balaban J connectivity index is 1.75. The molecule has 0 spiro atoms. The van der Waals surface area contributed by atoms with E-state index in [1.807, 2.05) is 0 Å². The van der Waals surface area contributed by atoms with Gasteiger partial charge in [-0.05, 0) is 61.2 Å². The van der Waals surface area contributed by atoms with Crippen LogP contribution in [-0.2, 0) is 0 Å². The van der Waals surface area contributed by atoms with Gasteiger partial charge in [-0.3, -0.25) is 0 Å². The number of hydrogen-bond acceptors (Lipinski definition) is 0. The van der Waals surface area contributed by atoms with Crippen LogP contribution >= 0.6 is 0 Å². The molecule has 4 aliphatic rings. The Morgan fingerprint density at radius 1 is 0.846 bits per heavy atom. The molecule has 0 aromatic carbocycles. The van der Waals surface area contributed by atoms with Crippen molar-refractivity contribution in [3.05, 3.63) is 12.2 Å². The highest BCUT2D eigenvalue weighted by Crippen LogP contribution is 2.65. The molecule has 0 aromatic heterocycles. The summed E-state index contributed by atoms with van der Waals surface area (Å²) in [5.74, 6) is 6.74. The lowest BCUT2D eigenvalue weighted by atomic mass is 9.71. The summed E-state index contributed by atoms with van der Waals surface area (Å²) in [5, 5.41) is 0. The Morgan fingerprint density at radius 3 is 2.62 bits per heavy atom. The molecule has 3 fully saturated rings. The van der Waals surface area contributed by atoms with Gasteiger partial charge < -0.3 is 0 Å². The minimum atomic E-state index is 1.03. The van der Waals surface area contributed by atoms with Crippen LogP contribution in [0.3, 0.4) is 0 Å². The molecule has 3 saturated carbocycles. The smallest absolute Gasteiger partial charge is 0.0168 e. The third kappa shape index (κ3) is 0.705. The summed E-state index contributed by atoms with van der Waals surface area (Å²) in [6.07, 6.45) is 12.8. The van der Waals surface area contributed by atoms with Gasteiger partial charge in [-0.15, -0.1) is 0 Å². The van der Waals surface area contributed by atoms with E-state index >= 15 is 0 Å². The Bertz CT molecular complexity index is 263. The molecule has 0 radical (unpaired) electrons. The maximum absolute atomic E-state index is 2.56. The zero-order valence-corrected chi connectivity index (χ0v) is 8.15. The molecule has 0 N–H and O–H groups in total. The van der Waals surface area contributed by atoms with E-state index in [0.29, 0.717) is 0 Å². The normalized spacial score (nSPS) is 61.5. The van der Waals surface area contributed by atoms with Gasteiger partial charge in [-0.1, -0.05) is 18.6 Å². The number of allylic oxidation sites excluding steroid dienone is 2. The first kappa shape index (κ1) is 7.09. The van der Waals surface area contributed by atoms with E-state index in [0.717, 1.165) is 29.6 Å². The Morgan fingerprint density at radius 2 is 1.69 bits per heavy atom. The van der Waals surface area contributed by atoms with E-state index in [-0.39, 0.29) is 0 Å². The summed E-state index contributed by atoms with van der Waals surface area (Å²) in [5.41, 5.74) is 0. The van der Waals surface area contributed by atoms with Crippen molar-refractivity contribution in [1.29, 1.82) is 0 Å². The zero-order chi connectivity index (χ0) is 8.41. The van der Waals surface area contributed by atoms with Crippen molar-refractivity contribution in [2.24, 2.45) is 35.5 Å². The van der Waals surface area contributed by atoms with Crippen molar-refractivity contribution in [2.45, 2.75) is 32.1 Å². The molecule has 0 heterocycles. The number of rotatable bonds is 0. The van der Waals surface area contributed by atoms with Gasteiger partial charge in [-0.2, -0.15) is 0 Å². The molecular formula is C13H18. The molecule has 6 unspecified atom stereocenters. The summed E-state index contributed by atoms with van der Waals surface area (Å²) in [6, 6.07) is 0. The van der Waals surface area contributed by atoms with Gasteiger partial charge in [0.25, 0.3) is 0 Å². The predicted molar refractivity (Wildman–Crippen MR) is 53.2 cm³/mol. The summed E-state index contributed by atoms with van der Waals surface area (Å²) in [4.78, 5) is 0. The molecule has 0 heteroatoms. The lowest BCUT2D eigenvalue weighted by Crippen LogP contribution is -2.29. The number of hydrogen-bond donors (Lipinski definition) is 0. The SMILES string of the molecule is C1=CC2C3CC(C2C1)C1CCCC31. The van der Waals surface area contributed by atoms with Crippen LogP contribution in [0.15, 0.2) is 12.2 Å². The minimum absolute atomic E-state index is 1.03. The molecule has 4 rings (SSSR count). The highest BCUT2D eigenvalue weighted by molar-refractivity contribution is 5.16. The van der Waals surface area contributed by atoms with Crippen molar-refractivity contribution in [1.82, 2.24) is 0 Å². The second-order valence-electron chi connectivity index (χ2n) is 5.73. The van der Waals surface area contributed by atoms with Crippen molar-refractivity contribution < 1.29 is 0 Å². The van der Waals surface area contributed by atoms with Crippen LogP contribution in [0.25, 0.3) is 0 Å². The first-order chi connectivity index (χ1) is 6.45. The zero-order valence-electron chi connectivity index (χ0n) is 8.15. The predicted octanol–water partition coefficient (Wildman–Crippen LogP) is 3.24. The van der Waals surface area contributed by atoms with Gasteiger partial charge in [0, 0.05) is 0 Å². The third-order valence-electron chi connectivity index (χ3n) is 5.57. The van der Waals surface area contributed by atoms with Crippen molar-refractivity contribution >= 4 is 0 Å².